The van der Waals surface area contributed by atoms with E-state index in [4.69, 9.17) is 14.2 Å². The molecule has 0 aromatic carbocycles. The maximum absolute atomic E-state index is 12.3. The molecule has 2 aliphatic rings. The first kappa shape index (κ1) is 37.6. The van der Waals surface area contributed by atoms with E-state index in [1.165, 1.54) is 6.08 Å². The molecule has 0 radical (unpaired) electrons. The second-order valence-electron chi connectivity index (χ2n) is 14.2. The van der Waals surface area contributed by atoms with E-state index in [1.807, 2.05) is 26.8 Å². The molecule has 7 nitrogen and oxygen atoms in total. The van der Waals surface area contributed by atoms with Crippen molar-refractivity contribution in [2.24, 2.45) is 11.8 Å². The van der Waals surface area contributed by atoms with Crippen molar-refractivity contribution in [2.75, 3.05) is 13.2 Å². The van der Waals surface area contributed by atoms with Gasteiger partial charge in [-0.1, -0.05) is 89.2 Å². The Morgan fingerprint density at radius 3 is 2.44 bits per heavy atom. The predicted molar refractivity (Wildman–Crippen MR) is 176 cm³/mol. The van der Waals surface area contributed by atoms with Crippen LogP contribution in [-0.4, -0.2) is 72.3 Å². The fraction of sp³-hybridized carbons (Fsp3) is 0.743. The second-order valence-corrected chi connectivity index (χ2v) is 19.8. The lowest BCUT2D eigenvalue weighted by Gasteiger charge is -2.44. The first-order valence-electron chi connectivity index (χ1n) is 16.4. The standard InChI is InChI=1S/C35H60O7Si/c1-9-10-18-34(32(38)16-13-27(3)24-33(39)40-22-23-43(6,7)8)20-21-35(42-34)19-17-28(4)31(41-35)15-12-26(2)11-14-30(37)29(5)25-36/h11-14,16,24,28-32,36-38H,9-10,15,17-23,25H2,1-8H3/b14-11+,16-13+,26-12+,27-24+/t28-,29-,30-,31+,32-,34+,35-/m0/s1. The Kier molecular flexibility index (Phi) is 15.1. The Morgan fingerprint density at radius 1 is 1.09 bits per heavy atom. The summed E-state index contributed by atoms with van der Waals surface area (Å²) in [6, 6.07) is 0.933. The van der Waals surface area contributed by atoms with Crippen molar-refractivity contribution < 1.29 is 34.3 Å². The van der Waals surface area contributed by atoms with Crippen LogP contribution in [0, 0.1) is 11.8 Å². The monoisotopic (exact) mass is 620 g/mol. The molecule has 3 N–H and O–H groups in total. The van der Waals surface area contributed by atoms with Gasteiger partial charge in [-0.3, -0.25) is 0 Å². The molecule has 0 amide bonds. The number of rotatable bonds is 16. The normalized spacial score (nSPS) is 29.5. The van der Waals surface area contributed by atoms with Gasteiger partial charge in [-0.15, -0.1) is 0 Å². The number of carbonyl (C=O) groups excluding carboxylic acids is 1. The molecule has 0 aromatic rings. The van der Waals surface area contributed by atoms with Gasteiger partial charge in [0.15, 0.2) is 5.79 Å². The molecule has 2 saturated heterocycles. The van der Waals surface area contributed by atoms with E-state index in [1.54, 1.807) is 18.2 Å². The van der Waals surface area contributed by atoms with Gasteiger partial charge in [0.2, 0.25) is 0 Å². The van der Waals surface area contributed by atoms with Crippen LogP contribution in [0.1, 0.15) is 86.0 Å². The van der Waals surface area contributed by atoms with Crippen LogP contribution < -0.4 is 0 Å². The van der Waals surface area contributed by atoms with Crippen LogP contribution in [-0.2, 0) is 19.0 Å². The molecule has 2 fully saturated rings. The number of carbonyl (C=O) groups is 1. The summed E-state index contributed by atoms with van der Waals surface area (Å²) in [7, 11) is -1.27. The number of aliphatic hydroxyl groups is 3. The minimum absolute atomic E-state index is 0.00908. The summed E-state index contributed by atoms with van der Waals surface area (Å²) in [6.45, 7) is 17.2. The average Bonchev–Trinajstić information content (AvgIpc) is 3.31. The van der Waals surface area contributed by atoms with Gasteiger partial charge in [0.05, 0.1) is 18.8 Å². The number of ether oxygens (including phenoxy) is 3. The fourth-order valence-corrected chi connectivity index (χ4v) is 6.29. The van der Waals surface area contributed by atoms with E-state index in [0.717, 1.165) is 62.1 Å². The van der Waals surface area contributed by atoms with Crippen molar-refractivity contribution >= 4 is 14.0 Å². The van der Waals surface area contributed by atoms with Crippen LogP contribution in [0.25, 0.3) is 0 Å². The van der Waals surface area contributed by atoms with Crippen LogP contribution in [0.3, 0.4) is 0 Å². The number of allylic oxidation sites excluding steroid dienone is 4. The Hall–Kier alpha value is -1.55. The lowest BCUT2D eigenvalue weighted by Crippen LogP contribution is -2.49. The van der Waals surface area contributed by atoms with Crippen LogP contribution in [0.15, 0.2) is 47.6 Å². The van der Waals surface area contributed by atoms with E-state index in [0.29, 0.717) is 18.9 Å². The third-order valence-electron chi connectivity index (χ3n) is 8.88. The van der Waals surface area contributed by atoms with Crippen molar-refractivity contribution in [3.63, 3.8) is 0 Å². The minimum Gasteiger partial charge on any atom is -0.463 e. The summed E-state index contributed by atoms with van der Waals surface area (Å²) < 4.78 is 18.9. The van der Waals surface area contributed by atoms with Gasteiger partial charge >= 0.3 is 5.97 Å². The average molecular weight is 621 g/mol. The van der Waals surface area contributed by atoms with E-state index in [9.17, 15) is 20.1 Å². The Labute approximate surface area is 262 Å². The van der Waals surface area contributed by atoms with Crippen molar-refractivity contribution in [2.45, 2.75) is 141 Å². The van der Waals surface area contributed by atoms with Gasteiger partial charge in [-0.25, -0.2) is 4.79 Å². The summed E-state index contributed by atoms with van der Waals surface area (Å²) in [4.78, 5) is 12.3. The van der Waals surface area contributed by atoms with Gasteiger partial charge < -0.3 is 29.5 Å². The summed E-state index contributed by atoms with van der Waals surface area (Å²) in [5, 5.41) is 30.8. The van der Waals surface area contributed by atoms with Gasteiger partial charge in [-0.05, 0) is 57.1 Å². The largest absolute Gasteiger partial charge is 0.463 e. The predicted octanol–water partition coefficient (Wildman–Crippen LogP) is 6.86. The lowest BCUT2D eigenvalue weighted by molar-refractivity contribution is -0.307. The zero-order chi connectivity index (χ0) is 32.3. The topological polar surface area (TPSA) is 105 Å². The number of unbranched alkanes of at least 4 members (excludes halogenated alkanes) is 1. The molecule has 1 spiro atoms. The van der Waals surface area contributed by atoms with Crippen molar-refractivity contribution in [1.82, 2.24) is 0 Å². The highest BCUT2D eigenvalue weighted by Crippen LogP contribution is 2.50. The molecule has 0 unspecified atom stereocenters. The van der Waals surface area contributed by atoms with Crippen molar-refractivity contribution in [3.8, 4) is 0 Å². The molecule has 43 heavy (non-hydrogen) atoms. The van der Waals surface area contributed by atoms with Gasteiger partial charge in [-0.2, -0.15) is 0 Å². The highest BCUT2D eigenvalue weighted by Gasteiger charge is 2.55. The maximum atomic E-state index is 12.3. The molecule has 2 aliphatic heterocycles. The number of hydrogen-bond donors (Lipinski definition) is 3. The van der Waals surface area contributed by atoms with Crippen LogP contribution in [0.2, 0.25) is 25.7 Å². The van der Waals surface area contributed by atoms with E-state index < -0.39 is 31.7 Å². The third kappa shape index (κ3) is 12.4. The first-order chi connectivity index (χ1) is 20.1. The summed E-state index contributed by atoms with van der Waals surface area (Å²) in [6.07, 6.45) is 15.9. The lowest BCUT2D eigenvalue weighted by atomic mass is 9.85. The fourth-order valence-electron chi connectivity index (χ4n) is 5.58. The highest BCUT2D eigenvalue weighted by atomic mass is 28.3. The molecule has 0 saturated carbocycles. The molecule has 0 aromatic heterocycles. The first-order valence-corrected chi connectivity index (χ1v) is 20.1. The van der Waals surface area contributed by atoms with Crippen molar-refractivity contribution in [1.29, 1.82) is 0 Å². The van der Waals surface area contributed by atoms with E-state index in [-0.39, 0.29) is 24.6 Å². The maximum Gasteiger partial charge on any atom is 0.330 e. The van der Waals surface area contributed by atoms with Gasteiger partial charge in [0, 0.05) is 39.5 Å². The molecule has 246 valence electrons. The molecular formula is C35H60O7Si. The molecule has 8 heteroatoms. The Balaban J connectivity index is 2.09. The minimum atomic E-state index is -1.27. The SMILES string of the molecule is CCCC[C@]1([C@@H](O)/C=C/C(C)=C/C(=O)OCC[Si](C)(C)C)CC[C@]2(CC[C@H](C)[C@@H](C/C=C(C)/C=C/[C@H](O)[C@@H](C)CO)O2)O1. The molecule has 2 rings (SSSR count). The zero-order valence-corrected chi connectivity index (χ0v) is 29.1. The molecule has 7 atom stereocenters. The summed E-state index contributed by atoms with van der Waals surface area (Å²) in [5.41, 5.74) is 1.03. The number of aliphatic hydroxyl groups excluding tert-OH is 3. The third-order valence-corrected chi connectivity index (χ3v) is 10.6. The number of hydrogen-bond acceptors (Lipinski definition) is 7. The molecule has 0 aliphatic carbocycles. The van der Waals surface area contributed by atoms with Crippen molar-refractivity contribution in [3.05, 3.63) is 47.6 Å². The quantitative estimate of drug-likeness (QED) is 0.0749. The molecular weight excluding hydrogens is 560 g/mol. The van der Waals surface area contributed by atoms with Crippen LogP contribution in [0.5, 0.6) is 0 Å². The Bertz CT molecular complexity index is 997. The molecule has 2 heterocycles. The zero-order valence-electron chi connectivity index (χ0n) is 28.1. The van der Waals surface area contributed by atoms with Crippen LogP contribution in [0.4, 0.5) is 0 Å². The highest BCUT2D eigenvalue weighted by molar-refractivity contribution is 6.76. The smallest absolute Gasteiger partial charge is 0.330 e. The summed E-state index contributed by atoms with van der Waals surface area (Å²) in [5.74, 6) is -0.895. The van der Waals surface area contributed by atoms with Crippen LogP contribution >= 0.6 is 0 Å². The second kappa shape index (κ2) is 17.2. The van der Waals surface area contributed by atoms with Gasteiger partial charge in [0.25, 0.3) is 0 Å². The van der Waals surface area contributed by atoms with Gasteiger partial charge in [0.1, 0.15) is 11.7 Å². The Morgan fingerprint density at radius 2 is 1.79 bits per heavy atom. The molecule has 0 bridgehead atoms. The number of esters is 1. The van der Waals surface area contributed by atoms with E-state index >= 15 is 0 Å². The van der Waals surface area contributed by atoms with E-state index in [2.05, 4.69) is 39.6 Å². The summed E-state index contributed by atoms with van der Waals surface area (Å²) >= 11 is 0.